The summed E-state index contributed by atoms with van der Waals surface area (Å²) in [6.07, 6.45) is 1.75. The Bertz CT molecular complexity index is 575. The Kier molecular flexibility index (Phi) is 3.85. The molecule has 0 saturated heterocycles. The number of benzene rings is 1. The van der Waals surface area contributed by atoms with Gasteiger partial charge in [0.25, 0.3) is 0 Å². The van der Waals surface area contributed by atoms with Crippen molar-refractivity contribution in [3.63, 3.8) is 0 Å². The summed E-state index contributed by atoms with van der Waals surface area (Å²) in [5.41, 5.74) is 6.13. The standard InChI is InChI=1S/C14H17FN2OS/c1-14(2,3)12-7-17-13(18-12)8-19-11-5-4-9(15)6-10(11)16/h4-7H,8,16H2,1-3H3. The van der Waals surface area contributed by atoms with Crippen molar-refractivity contribution in [2.45, 2.75) is 36.8 Å². The van der Waals surface area contributed by atoms with Gasteiger partial charge in [-0.15, -0.1) is 11.8 Å². The molecule has 0 unspecified atom stereocenters. The summed E-state index contributed by atoms with van der Waals surface area (Å²) in [6, 6.07) is 4.39. The van der Waals surface area contributed by atoms with E-state index in [1.807, 2.05) is 0 Å². The topological polar surface area (TPSA) is 52.0 Å². The summed E-state index contributed by atoms with van der Waals surface area (Å²) in [5, 5.41) is 0. The first-order valence-electron chi connectivity index (χ1n) is 5.99. The van der Waals surface area contributed by atoms with Crippen LogP contribution in [0.15, 0.2) is 33.7 Å². The van der Waals surface area contributed by atoms with Gasteiger partial charge in [-0.1, -0.05) is 20.8 Å². The first-order valence-corrected chi connectivity index (χ1v) is 6.98. The van der Waals surface area contributed by atoms with Gasteiger partial charge in [0.1, 0.15) is 11.6 Å². The van der Waals surface area contributed by atoms with E-state index in [0.717, 1.165) is 10.7 Å². The van der Waals surface area contributed by atoms with Gasteiger partial charge in [-0.3, -0.25) is 0 Å². The van der Waals surface area contributed by atoms with Gasteiger partial charge in [0.2, 0.25) is 5.89 Å². The van der Waals surface area contributed by atoms with E-state index in [0.29, 0.717) is 17.3 Å². The molecule has 0 atom stereocenters. The van der Waals surface area contributed by atoms with E-state index in [1.54, 1.807) is 12.3 Å². The van der Waals surface area contributed by atoms with Crippen LogP contribution < -0.4 is 5.73 Å². The van der Waals surface area contributed by atoms with Crippen molar-refractivity contribution >= 4 is 17.4 Å². The number of rotatable bonds is 3. The predicted octanol–water partition coefficient (Wildman–Crippen LogP) is 3.99. The van der Waals surface area contributed by atoms with Gasteiger partial charge in [-0.05, 0) is 18.2 Å². The summed E-state index contributed by atoms with van der Waals surface area (Å²) in [5.74, 6) is 1.76. The van der Waals surface area contributed by atoms with Crippen LogP contribution in [0.25, 0.3) is 0 Å². The average Bonchev–Trinajstić information content (AvgIpc) is 2.76. The van der Waals surface area contributed by atoms with Crippen LogP contribution in [0.5, 0.6) is 0 Å². The monoisotopic (exact) mass is 280 g/mol. The van der Waals surface area contributed by atoms with Crippen LogP contribution in [-0.4, -0.2) is 4.98 Å². The van der Waals surface area contributed by atoms with Crippen LogP contribution in [0.4, 0.5) is 10.1 Å². The van der Waals surface area contributed by atoms with Crippen LogP contribution in [0.3, 0.4) is 0 Å². The minimum absolute atomic E-state index is 0.0508. The molecule has 1 heterocycles. The molecule has 0 fully saturated rings. The second kappa shape index (κ2) is 5.25. The molecule has 0 aliphatic rings. The molecule has 0 aliphatic carbocycles. The number of aromatic nitrogens is 1. The Morgan fingerprint density at radius 1 is 1.37 bits per heavy atom. The quantitative estimate of drug-likeness (QED) is 0.682. The number of thioether (sulfide) groups is 1. The third-order valence-corrected chi connectivity index (χ3v) is 3.69. The van der Waals surface area contributed by atoms with Crippen molar-refractivity contribution in [3.8, 4) is 0 Å². The van der Waals surface area contributed by atoms with E-state index in [2.05, 4.69) is 25.8 Å². The molecule has 5 heteroatoms. The molecule has 0 saturated carbocycles. The van der Waals surface area contributed by atoms with Gasteiger partial charge >= 0.3 is 0 Å². The summed E-state index contributed by atoms with van der Waals surface area (Å²) in [6.45, 7) is 6.22. The fourth-order valence-corrected chi connectivity index (χ4v) is 2.32. The Morgan fingerprint density at radius 3 is 2.68 bits per heavy atom. The molecule has 19 heavy (non-hydrogen) atoms. The first-order chi connectivity index (χ1) is 8.86. The molecule has 1 aromatic heterocycles. The highest BCUT2D eigenvalue weighted by atomic mass is 32.2. The Hall–Kier alpha value is -1.49. The van der Waals surface area contributed by atoms with Gasteiger partial charge in [0, 0.05) is 16.0 Å². The highest BCUT2D eigenvalue weighted by Crippen LogP contribution is 2.30. The lowest BCUT2D eigenvalue weighted by Crippen LogP contribution is -2.09. The third kappa shape index (κ3) is 3.50. The van der Waals surface area contributed by atoms with E-state index in [1.165, 1.54) is 23.9 Å². The molecule has 3 nitrogen and oxygen atoms in total. The van der Waals surface area contributed by atoms with E-state index in [-0.39, 0.29) is 11.2 Å². The molecule has 0 bridgehead atoms. The van der Waals surface area contributed by atoms with Gasteiger partial charge in [-0.25, -0.2) is 9.37 Å². The smallest absolute Gasteiger partial charge is 0.204 e. The molecule has 2 N–H and O–H groups in total. The number of nitrogens with zero attached hydrogens (tertiary/aromatic N) is 1. The molecule has 2 rings (SSSR count). The van der Waals surface area contributed by atoms with Crippen LogP contribution >= 0.6 is 11.8 Å². The summed E-state index contributed by atoms with van der Waals surface area (Å²) in [4.78, 5) is 5.07. The van der Waals surface area contributed by atoms with Gasteiger partial charge in [0.15, 0.2) is 0 Å². The van der Waals surface area contributed by atoms with Crippen LogP contribution in [-0.2, 0) is 11.2 Å². The van der Waals surface area contributed by atoms with Crippen molar-refractivity contribution in [1.29, 1.82) is 0 Å². The zero-order valence-corrected chi connectivity index (χ0v) is 12.1. The van der Waals surface area contributed by atoms with E-state index < -0.39 is 0 Å². The minimum Gasteiger partial charge on any atom is -0.444 e. The zero-order chi connectivity index (χ0) is 14.0. The molecule has 102 valence electrons. The highest BCUT2D eigenvalue weighted by Gasteiger charge is 2.19. The van der Waals surface area contributed by atoms with E-state index in [4.69, 9.17) is 10.2 Å². The maximum Gasteiger partial charge on any atom is 0.204 e. The van der Waals surface area contributed by atoms with Crippen LogP contribution in [0.2, 0.25) is 0 Å². The van der Waals surface area contributed by atoms with Crippen molar-refractivity contribution in [1.82, 2.24) is 4.98 Å². The van der Waals surface area contributed by atoms with E-state index in [9.17, 15) is 4.39 Å². The second-order valence-electron chi connectivity index (χ2n) is 5.34. The number of halogens is 1. The lowest BCUT2D eigenvalue weighted by molar-refractivity contribution is 0.391. The number of nitrogens with two attached hydrogens (primary N) is 1. The summed E-state index contributed by atoms with van der Waals surface area (Å²) >= 11 is 1.48. The largest absolute Gasteiger partial charge is 0.444 e. The normalized spacial score (nSPS) is 11.8. The first kappa shape index (κ1) is 13.9. The van der Waals surface area contributed by atoms with Crippen LogP contribution in [0, 0.1) is 5.82 Å². The van der Waals surface area contributed by atoms with Crippen LogP contribution in [0.1, 0.15) is 32.4 Å². The number of hydrogen-bond donors (Lipinski definition) is 1. The average molecular weight is 280 g/mol. The van der Waals surface area contributed by atoms with Gasteiger partial charge < -0.3 is 10.2 Å². The number of nitrogen functional groups attached to an aromatic ring is 1. The Morgan fingerprint density at radius 2 is 2.11 bits per heavy atom. The lowest BCUT2D eigenvalue weighted by Gasteiger charge is -2.13. The number of oxazole rings is 1. The molecular weight excluding hydrogens is 263 g/mol. The molecule has 2 aromatic rings. The molecular formula is C14H17FN2OS. The van der Waals surface area contributed by atoms with Crippen molar-refractivity contribution in [2.75, 3.05) is 5.73 Å². The zero-order valence-electron chi connectivity index (χ0n) is 11.2. The highest BCUT2D eigenvalue weighted by molar-refractivity contribution is 7.98. The molecule has 0 radical (unpaired) electrons. The second-order valence-corrected chi connectivity index (χ2v) is 6.36. The molecule has 0 amide bonds. The molecule has 0 aliphatic heterocycles. The fourth-order valence-electron chi connectivity index (χ4n) is 1.51. The lowest BCUT2D eigenvalue weighted by atomic mass is 9.94. The summed E-state index contributed by atoms with van der Waals surface area (Å²) < 4.78 is 18.6. The molecule has 0 spiro atoms. The Labute approximate surface area is 116 Å². The minimum atomic E-state index is -0.326. The maximum absolute atomic E-state index is 12.9. The maximum atomic E-state index is 12.9. The van der Waals surface area contributed by atoms with Crippen molar-refractivity contribution < 1.29 is 8.81 Å². The number of hydrogen-bond acceptors (Lipinski definition) is 4. The van der Waals surface area contributed by atoms with Gasteiger partial charge in [0.05, 0.1) is 11.9 Å². The fraction of sp³-hybridized carbons (Fsp3) is 0.357. The Balaban J connectivity index is 2.04. The van der Waals surface area contributed by atoms with Gasteiger partial charge in [-0.2, -0.15) is 0 Å². The molecule has 1 aromatic carbocycles. The third-order valence-electron chi connectivity index (χ3n) is 2.62. The SMILES string of the molecule is CC(C)(C)c1cnc(CSc2ccc(F)cc2N)o1. The van der Waals surface area contributed by atoms with Crippen molar-refractivity contribution in [3.05, 3.63) is 41.9 Å². The van der Waals surface area contributed by atoms with E-state index >= 15 is 0 Å². The predicted molar refractivity (Wildman–Crippen MR) is 75.6 cm³/mol. The number of anilines is 1. The van der Waals surface area contributed by atoms with Crippen molar-refractivity contribution in [2.24, 2.45) is 0 Å². The summed E-state index contributed by atoms with van der Waals surface area (Å²) in [7, 11) is 0.